The van der Waals surface area contributed by atoms with Crippen LogP contribution < -0.4 is 0 Å². The molecule has 0 atom stereocenters. The molecule has 0 radical (unpaired) electrons. The van der Waals surface area contributed by atoms with E-state index in [9.17, 15) is 9.59 Å². The van der Waals surface area contributed by atoms with Crippen molar-refractivity contribution >= 4 is 23.0 Å². The summed E-state index contributed by atoms with van der Waals surface area (Å²) in [5, 5.41) is 17.9. The zero-order valence-electron chi connectivity index (χ0n) is 10.6. The molecule has 0 bridgehead atoms. The molecule has 3 rings (SSSR count). The van der Waals surface area contributed by atoms with Crippen LogP contribution in [-0.4, -0.2) is 27.1 Å². The van der Waals surface area contributed by atoms with Gasteiger partial charge in [0.05, 0.1) is 11.1 Å². The average Bonchev–Trinajstić information content (AvgIpc) is 2.90. The summed E-state index contributed by atoms with van der Waals surface area (Å²) in [7, 11) is 0. The number of carbonyl (C=O) groups is 2. The highest BCUT2D eigenvalue weighted by atomic mass is 16.4. The topological polar surface area (TPSA) is 101 Å². The van der Waals surface area contributed by atoms with E-state index in [0.29, 0.717) is 16.7 Å². The minimum atomic E-state index is -1.05. The molecular weight excluding hydrogens is 274 g/mol. The Hall–Kier alpha value is -3.15. The van der Waals surface area contributed by atoms with Crippen LogP contribution in [0, 0.1) is 0 Å². The van der Waals surface area contributed by atoms with E-state index in [1.54, 1.807) is 12.1 Å². The number of fused-ring (bicyclic) bond motifs is 1. The van der Waals surface area contributed by atoms with Gasteiger partial charge in [0.2, 0.25) is 5.89 Å². The summed E-state index contributed by atoms with van der Waals surface area (Å²) in [5.74, 6) is -1.84. The Bertz CT molecular complexity index is 865. The SMILES string of the molecule is O=C(O)c1cccc(-c2nc3cc(C(=O)O)ccc3o2)c1. The van der Waals surface area contributed by atoms with Gasteiger partial charge in [-0.15, -0.1) is 0 Å². The molecule has 104 valence electrons. The van der Waals surface area contributed by atoms with Crippen molar-refractivity contribution in [2.75, 3.05) is 0 Å². The molecule has 1 aromatic heterocycles. The van der Waals surface area contributed by atoms with Crippen LogP contribution in [0.25, 0.3) is 22.6 Å². The molecule has 3 aromatic rings. The fourth-order valence-corrected chi connectivity index (χ4v) is 1.97. The minimum absolute atomic E-state index is 0.113. The summed E-state index contributed by atoms with van der Waals surface area (Å²) in [6, 6.07) is 10.5. The van der Waals surface area contributed by atoms with Crippen LogP contribution in [0.1, 0.15) is 20.7 Å². The first-order valence-electron chi connectivity index (χ1n) is 6.02. The second-order valence-corrected chi connectivity index (χ2v) is 4.39. The van der Waals surface area contributed by atoms with Gasteiger partial charge in [-0.05, 0) is 36.4 Å². The number of rotatable bonds is 3. The highest BCUT2D eigenvalue weighted by molar-refractivity contribution is 5.92. The van der Waals surface area contributed by atoms with Crippen LogP contribution in [0.3, 0.4) is 0 Å². The van der Waals surface area contributed by atoms with Gasteiger partial charge < -0.3 is 14.6 Å². The number of hydrogen-bond donors (Lipinski definition) is 2. The molecule has 6 nitrogen and oxygen atoms in total. The lowest BCUT2D eigenvalue weighted by Gasteiger charge is -1.97. The van der Waals surface area contributed by atoms with E-state index in [0.717, 1.165) is 0 Å². The lowest BCUT2D eigenvalue weighted by Crippen LogP contribution is -1.95. The maximum absolute atomic E-state index is 11.0. The van der Waals surface area contributed by atoms with E-state index in [1.807, 2.05) is 0 Å². The molecule has 2 N–H and O–H groups in total. The Labute approximate surface area is 118 Å². The van der Waals surface area contributed by atoms with Crippen molar-refractivity contribution in [1.82, 2.24) is 4.98 Å². The Morgan fingerprint density at radius 2 is 1.67 bits per heavy atom. The van der Waals surface area contributed by atoms with Gasteiger partial charge in [-0.2, -0.15) is 0 Å². The molecule has 0 amide bonds. The molecular formula is C15H9NO5. The zero-order chi connectivity index (χ0) is 15.0. The van der Waals surface area contributed by atoms with Crippen LogP contribution in [0.5, 0.6) is 0 Å². The van der Waals surface area contributed by atoms with Gasteiger partial charge in [0, 0.05) is 5.56 Å². The van der Waals surface area contributed by atoms with E-state index in [4.69, 9.17) is 14.6 Å². The third-order valence-corrected chi connectivity index (χ3v) is 2.99. The van der Waals surface area contributed by atoms with Crippen LogP contribution in [0.15, 0.2) is 46.9 Å². The maximum Gasteiger partial charge on any atom is 0.335 e. The van der Waals surface area contributed by atoms with Crippen molar-refractivity contribution in [1.29, 1.82) is 0 Å². The van der Waals surface area contributed by atoms with E-state index >= 15 is 0 Å². The normalized spacial score (nSPS) is 10.7. The van der Waals surface area contributed by atoms with E-state index in [2.05, 4.69) is 4.98 Å². The third kappa shape index (κ3) is 2.34. The summed E-state index contributed by atoms with van der Waals surface area (Å²) in [6.45, 7) is 0. The molecule has 0 spiro atoms. The van der Waals surface area contributed by atoms with Gasteiger partial charge in [-0.25, -0.2) is 14.6 Å². The molecule has 0 fully saturated rings. The summed E-state index contributed by atoms with van der Waals surface area (Å²) in [5.41, 5.74) is 1.60. The standard InChI is InChI=1S/C15H9NO5/c17-14(18)9-3-1-2-8(6-9)13-16-11-7-10(15(19)20)4-5-12(11)21-13/h1-7H,(H,17,18)(H,19,20). The van der Waals surface area contributed by atoms with Gasteiger partial charge in [0.25, 0.3) is 0 Å². The number of aromatic nitrogens is 1. The summed E-state index contributed by atoms with van der Waals surface area (Å²) >= 11 is 0. The predicted molar refractivity (Wildman–Crippen MR) is 73.4 cm³/mol. The molecule has 6 heteroatoms. The smallest absolute Gasteiger partial charge is 0.335 e. The van der Waals surface area contributed by atoms with E-state index in [1.165, 1.54) is 30.3 Å². The Kier molecular flexibility index (Phi) is 2.91. The number of benzene rings is 2. The van der Waals surface area contributed by atoms with Gasteiger partial charge in [0.15, 0.2) is 5.58 Å². The van der Waals surface area contributed by atoms with Crippen molar-refractivity contribution in [2.24, 2.45) is 0 Å². The number of aromatic carboxylic acids is 2. The molecule has 0 saturated heterocycles. The second kappa shape index (κ2) is 4.75. The molecule has 2 aromatic carbocycles. The first kappa shape index (κ1) is 12.9. The van der Waals surface area contributed by atoms with Gasteiger partial charge >= 0.3 is 11.9 Å². The fourth-order valence-electron chi connectivity index (χ4n) is 1.97. The van der Waals surface area contributed by atoms with Crippen LogP contribution in [-0.2, 0) is 0 Å². The van der Waals surface area contributed by atoms with Gasteiger partial charge in [-0.1, -0.05) is 6.07 Å². The first-order valence-corrected chi connectivity index (χ1v) is 6.02. The number of carboxylic acid groups (broad SMARTS) is 2. The maximum atomic E-state index is 11.0. The molecule has 21 heavy (non-hydrogen) atoms. The van der Waals surface area contributed by atoms with E-state index in [-0.39, 0.29) is 17.0 Å². The molecule has 0 aliphatic rings. The van der Waals surface area contributed by atoms with Crippen molar-refractivity contribution in [3.8, 4) is 11.5 Å². The Morgan fingerprint density at radius 1 is 0.952 bits per heavy atom. The highest BCUT2D eigenvalue weighted by Gasteiger charge is 2.12. The Morgan fingerprint density at radius 3 is 2.38 bits per heavy atom. The van der Waals surface area contributed by atoms with Gasteiger partial charge in [-0.3, -0.25) is 0 Å². The van der Waals surface area contributed by atoms with Crippen molar-refractivity contribution in [3.63, 3.8) is 0 Å². The summed E-state index contributed by atoms with van der Waals surface area (Å²) < 4.78 is 5.53. The van der Waals surface area contributed by atoms with Crippen molar-refractivity contribution in [3.05, 3.63) is 53.6 Å². The molecule has 0 aliphatic carbocycles. The van der Waals surface area contributed by atoms with Crippen molar-refractivity contribution < 1.29 is 24.2 Å². The minimum Gasteiger partial charge on any atom is -0.478 e. The number of nitrogens with zero attached hydrogens (tertiary/aromatic N) is 1. The highest BCUT2D eigenvalue weighted by Crippen LogP contribution is 2.25. The zero-order valence-corrected chi connectivity index (χ0v) is 10.6. The lowest BCUT2D eigenvalue weighted by molar-refractivity contribution is 0.0686. The Balaban J connectivity index is 2.10. The number of hydrogen-bond acceptors (Lipinski definition) is 4. The van der Waals surface area contributed by atoms with Crippen LogP contribution in [0.2, 0.25) is 0 Å². The quantitative estimate of drug-likeness (QED) is 0.766. The van der Waals surface area contributed by atoms with Gasteiger partial charge in [0.1, 0.15) is 5.52 Å². The summed E-state index contributed by atoms with van der Waals surface area (Å²) in [4.78, 5) is 26.1. The first-order chi connectivity index (χ1) is 10.0. The monoisotopic (exact) mass is 283 g/mol. The molecule has 1 heterocycles. The lowest BCUT2D eigenvalue weighted by atomic mass is 10.1. The largest absolute Gasteiger partial charge is 0.478 e. The number of oxazole rings is 1. The average molecular weight is 283 g/mol. The predicted octanol–water partition coefficient (Wildman–Crippen LogP) is 2.89. The van der Waals surface area contributed by atoms with Crippen LogP contribution >= 0.6 is 0 Å². The molecule has 0 aliphatic heterocycles. The van der Waals surface area contributed by atoms with E-state index < -0.39 is 11.9 Å². The fraction of sp³-hybridized carbons (Fsp3) is 0. The van der Waals surface area contributed by atoms with Crippen LogP contribution in [0.4, 0.5) is 0 Å². The second-order valence-electron chi connectivity index (χ2n) is 4.39. The third-order valence-electron chi connectivity index (χ3n) is 2.99. The molecule has 0 unspecified atom stereocenters. The number of carboxylic acids is 2. The molecule has 0 saturated carbocycles. The van der Waals surface area contributed by atoms with Crippen molar-refractivity contribution in [2.45, 2.75) is 0 Å². The summed E-state index contributed by atoms with van der Waals surface area (Å²) in [6.07, 6.45) is 0.